The van der Waals surface area contributed by atoms with Gasteiger partial charge in [0.25, 0.3) is 20.0 Å². The molecule has 0 fully saturated rings. The van der Waals surface area contributed by atoms with Crippen molar-refractivity contribution in [2.24, 2.45) is 0 Å². The number of hydrogen-bond acceptors (Lipinski definition) is 6. The van der Waals surface area contributed by atoms with Crippen LogP contribution in [0.15, 0.2) is 94.7 Å². The summed E-state index contributed by atoms with van der Waals surface area (Å²) < 4.78 is 67.1. The van der Waals surface area contributed by atoms with Crippen LogP contribution in [-0.4, -0.2) is 31.1 Å². The number of ether oxygens (including phenoxy) is 2. The highest BCUT2D eigenvalue weighted by molar-refractivity contribution is 7.93. The summed E-state index contributed by atoms with van der Waals surface area (Å²) in [6.07, 6.45) is 0. The molecule has 0 saturated carbocycles. The SMILES string of the molecule is COc1cc(-c2ccc(NS(=O)(=O)c3ccc(Cl)cc3)c(OC)c2)ccc1NS(=O)(=O)c1ccc(Cl)cc1. The van der Waals surface area contributed by atoms with E-state index in [1.807, 2.05) is 0 Å². The molecule has 0 spiro atoms. The third-order valence-corrected chi connectivity index (χ3v) is 8.74. The molecule has 0 saturated heterocycles. The van der Waals surface area contributed by atoms with Gasteiger partial charge in [0.2, 0.25) is 0 Å². The topological polar surface area (TPSA) is 111 Å². The first-order valence-corrected chi connectivity index (χ1v) is 14.7. The summed E-state index contributed by atoms with van der Waals surface area (Å²) in [7, 11) is -4.91. The van der Waals surface area contributed by atoms with E-state index in [-0.39, 0.29) is 32.7 Å². The van der Waals surface area contributed by atoms with E-state index in [0.29, 0.717) is 21.2 Å². The minimum absolute atomic E-state index is 0.0504. The minimum atomic E-state index is -3.88. The van der Waals surface area contributed by atoms with E-state index in [2.05, 4.69) is 9.44 Å². The van der Waals surface area contributed by atoms with E-state index < -0.39 is 20.0 Å². The molecule has 4 aromatic carbocycles. The van der Waals surface area contributed by atoms with Crippen LogP contribution in [0.2, 0.25) is 10.0 Å². The van der Waals surface area contributed by atoms with Crippen molar-refractivity contribution in [1.82, 2.24) is 0 Å². The lowest BCUT2D eigenvalue weighted by molar-refractivity contribution is 0.416. The van der Waals surface area contributed by atoms with Gasteiger partial charge in [-0.05, 0) is 83.9 Å². The van der Waals surface area contributed by atoms with Gasteiger partial charge in [-0.2, -0.15) is 0 Å². The van der Waals surface area contributed by atoms with Gasteiger partial charge in [0.05, 0.1) is 35.4 Å². The minimum Gasteiger partial charge on any atom is -0.495 e. The molecule has 0 heterocycles. The van der Waals surface area contributed by atoms with Crippen molar-refractivity contribution in [1.29, 1.82) is 0 Å². The van der Waals surface area contributed by atoms with E-state index >= 15 is 0 Å². The Labute approximate surface area is 231 Å². The number of sulfonamides is 2. The van der Waals surface area contributed by atoms with Crippen molar-refractivity contribution >= 4 is 54.6 Å². The Kier molecular flexibility index (Phi) is 8.08. The molecule has 8 nitrogen and oxygen atoms in total. The first-order valence-electron chi connectivity index (χ1n) is 11.0. The summed E-state index contributed by atoms with van der Waals surface area (Å²) in [5, 5.41) is 0.843. The molecule has 0 amide bonds. The van der Waals surface area contributed by atoms with E-state index in [4.69, 9.17) is 32.7 Å². The first kappa shape index (κ1) is 27.6. The molecule has 0 unspecified atom stereocenters. The number of methoxy groups -OCH3 is 2. The molecule has 0 aromatic heterocycles. The first-order chi connectivity index (χ1) is 18.0. The van der Waals surface area contributed by atoms with Gasteiger partial charge in [0.15, 0.2) is 0 Å². The van der Waals surface area contributed by atoms with Crippen LogP contribution in [0.5, 0.6) is 11.5 Å². The number of benzene rings is 4. The van der Waals surface area contributed by atoms with Gasteiger partial charge in [0.1, 0.15) is 11.5 Å². The average molecular weight is 594 g/mol. The molecule has 12 heteroatoms. The summed E-state index contributed by atoms with van der Waals surface area (Å²) in [6, 6.07) is 21.4. The molecular weight excluding hydrogens is 571 g/mol. The van der Waals surface area contributed by atoms with E-state index in [1.54, 1.807) is 36.4 Å². The molecule has 4 aromatic rings. The quantitative estimate of drug-likeness (QED) is 0.236. The molecule has 0 aliphatic carbocycles. The molecule has 2 N–H and O–H groups in total. The molecule has 0 aliphatic rings. The van der Waals surface area contributed by atoms with E-state index in [9.17, 15) is 16.8 Å². The molecule has 0 bridgehead atoms. The lowest BCUT2D eigenvalue weighted by Crippen LogP contribution is -2.13. The predicted octanol–water partition coefficient (Wildman–Crippen LogP) is 6.28. The summed E-state index contributed by atoms with van der Waals surface area (Å²) in [6.45, 7) is 0. The highest BCUT2D eigenvalue weighted by Crippen LogP contribution is 2.36. The van der Waals surface area contributed by atoms with Gasteiger partial charge in [0, 0.05) is 10.0 Å². The zero-order valence-corrected chi connectivity index (χ0v) is 23.2. The number of hydrogen-bond donors (Lipinski definition) is 2. The van der Waals surface area contributed by atoms with Gasteiger partial charge < -0.3 is 9.47 Å². The zero-order valence-electron chi connectivity index (χ0n) is 20.1. The molecule has 0 radical (unpaired) electrons. The van der Waals surface area contributed by atoms with E-state index in [1.165, 1.54) is 62.8 Å². The maximum Gasteiger partial charge on any atom is 0.262 e. The van der Waals surface area contributed by atoms with Gasteiger partial charge >= 0.3 is 0 Å². The van der Waals surface area contributed by atoms with Crippen LogP contribution in [0.25, 0.3) is 11.1 Å². The van der Waals surface area contributed by atoms with Crippen molar-refractivity contribution in [3.63, 3.8) is 0 Å². The van der Waals surface area contributed by atoms with Crippen molar-refractivity contribution in [3.05, 3.63) is 95.0 Å². The maximum atomic E-state index is 12.8. The zero-order chi connectivity index (χ0) is 27.5. The van der Waals surface area contributed by atoms with Crippen molar-refractivity contribution < 1.29 is 26.3 Å². The molecular formula is C26H22Cl2N2O6S2. The number of rotatable bonds is 9. The summed E-state index contributed by atoms with van der Waals surface area (Å²) >= 11 is 11.7. The fraction of sp³-hybridized carbons (Fsp3) is 0.0769. The van der Waals surface area contributed by atoms with Gasteiger partial charge in [-0.25, -0.2) is 16.8 Å². The normalized spacial score (nSPS) is 11.6. The van der Waals surface area contributed by atoms with Gasteiger partial charge in [-0.15, -0.1) is 0 Å². The van der Waals surface area contributed by atoms with Gasteiger partial charge in [-0.1, -0.05) is 35.3 Å². The molecule has 0 aliphatic heterocycles. The third-order valence-electron chi connectivity index (χ3n) is 5.47. The third kappa shape index (κ3) is 6.16. The monoisotopic (exact) mass is 592 g/mol. The highest BCUT2D eigenvalue weighted by Gasteiger charge is 2.19. The summed E-state index contributed by atoms with van der Waals surface area (Å²) in [4.78, 5) is 0.101. The Bertz CT molecular complexity index is 1550. The second-order valence-corrected chi connectivity index (χ2v) is 12.2. The Hall–Kier alpha value is -3.44. The maximum absolute atomic E-state index is 12.8. The van der Waals surface area contributed by atoms with Crippen LogP contribution >= 0.6 is 23.2 Å². The fourth-order valence-corrected chi connectivity index (χ4v) is 5.94. The molecule has 4 rings (SSSR count). The van der Waals surface area contributed by atoms with Crippen LogP contribution in [0.3, 0.4) is 0 Å². The van der Waals surface area contributed by atoms with Crippen molar-refractivity contribution in [2.75, 3.05) is 23.7 Å². The van der Waals surface area contributed by atoms with Crippen molar-refractivity contribution in [3.8, 4) is 22.6 Å². The van der Waals surface area contributed by atoms with Crippen LogP contribution in [0.1, 0.15) is 0 Å². The Balaban J connectivity index is 1.61. The second-order valence-electron chi connectivity index (χ2n) is 7.95. The molecule has 38 heavy (non-hydrogen) atoms. The highest BCUT2D eigenvalue weighted by atomic mass is 35.5. The Morgan fingerprint density at radius 1 is 0.553 bits per heavy atom. The lowest BCUT2D eigenvalue weighted by atomic mass is 10.0. The summed E-state index contributed by atoms with van der Waals surface area (Å²) in [5.74, 6) is 0.568. The Morgan fingerprint density at radius 3 is 1.21 bits per heavy atom. The van der Waals surface area contributed by atoms with Crippen LogP contribution in [0, 0.1) is 0 Å². The number of nitrogens with one attached hydrogen (secondary N) is 2. The van der Waals surface area contributed by atoms with Crippen LogP contribution < -0.4 is 18.9 Å². The average Bonchev–Trinajstić information content (AvgIpc) is 2.89. The van der Waals surface area contributed by atoms with Crippen LogP contribution in [-0.2, 0) is 20.0 Å². The number of anilines is 2. The molecule has 198 valence electrons. The standard InChI is InChI=1S/C26H22Cl2N2O6S2/c1-35-25-15-17(3-13-23(25)29-37(31,32)21-9-5-19(27)6-10-21)18-4-14-24(26(16-18)36-2)30-38(33,34)22-11-7-20(28)8-12-22/h3-16,29-30H,1-2H3. The fourth-order valence-electron chi connectivity index (χ4n) is 3.55. The smallest absolute Gasteiger partial charge is 0.262 e. The van der Waals surface area contributed by atoms with Crippen LogP contribution in [0.4, 0.5) is 11.4 Å². The van der Waals surface area contributed by atoms with Crippen molar-refractivity contribution in [2.45, 2.75) is 9.79 Å². The largest absolute Gasteiger partial charge is 0.495 e. The molecule has 0 atom stereocenters. The lowest BCUT2D eigenvalue weighted by Gasteiger charge is -2.15. The van der Waals surface area contributed by atoms with E-state index in [0.717, 1.165) is 0 Å². The second kappa shape index (κ2) is 11.1. The summed E-state index contributed by atoms with van der Waals surface area (Å²) in [5.41, 5.74) is 1.85. The Morgan fingerprint density at radius 2 is 0.895 bits per heavy atom. The van der Waals surface area contributed by atoms with Gasteiger partial charge in [-0.3, -0.25) is 9.44 Å². The number of halogens is 2. The predicted molar refractivity (Wildman–Crippen MR) is 150 cm³/mol.